The lowest BCUT2D eigenvalue weighted by Gasteiger charge is -2.24. The molecule has 0 amide bonds. The van der Waals surface area contributed by atoms with Crippen LogP contribution in [0.2, 0.25) is 0 Å². The SMILES string of the molecule is CCC1=C(C)CC2(CC(C)=C(C)C2)C1. The minimum Gasteiger partial charge on any atom is -0.0738 e. The fourth-order valence-electron chi connectivity index (χ4n) is 3.52. The van der Waals surface area contributed by atoms with Crippen LogP contribution in [0.1, 0.15) is 59.8 Å². The Morgan fingerprint density at radius 3 is 1.79 bits per heavy atom. The second-order valence-corrected chi connectivity index (χ2v) is 5.51. The zero-order valence-electron chi connectivity index (χ0n) is 10.0. The van der Waals surface area contributed by atoms with Gasteiger partial charge in [-0.2, -0.15) is 0 Å². The number of rotatable bonds is 1. The molecule has 0 unspecified atom stereocenters. The number of allylic oxidation sites excluding steroid dienone is 4. The van der Waals surface area contributed by atoms with Crippen molar-refractivity contribution in [2.45, 2.75) is 59.8 Å². The minimum atomic E-state index is 0.629. The second-order valence-electron chi connectivity index (χ2n) is 5.51. The molecule has 2 rings (SSSR count). The smallest absolute Gasteiger partial charge is 0.0149 e. The minimum absolute atomic E-state index is 0.629. The highest BCUT2D eigenvalue weighted by Crippen LogP contribution is 2.54. The Labute approximate surface area is 88.1 Å². The van der Waals surface area contributed by atoms with Gasteiger partial charge in [0.15, 0.2) is 0 Å². The van der Waals surface area contributed by atoms with Gasteiger partial charge in [0.05, 0.1) is 0 Å². The van der Waals surface area contributed by atoms with E-state index in [4.69, 9.17) is 0 Å². The Morgan fingerprint density at radius 2 is 1.36 bits per heavy atom. The van der Waals surface area contributed by atoms with Gasteiger partial charge < -0.3 is 0 Å². The largest absolute Gasteiger partial charge is 0.0738 e. The first kappa shape index (κ1) is 10.0. The van der Waals surface area contributed by atoms with E-state index < -0.39 is 0 Å². The first-order valence-electron chi connectivity index (χ1n) is 5.89. The highest BCUT2D eigenvalue weighted by atomic mass is 14.4. The van der Waals surface area contributed by atoms with Gasteiger partial charge in [-0.05, 0) is 58.3 Å². The first-order valence-corrected chi connectivity index (χ1v) is 5.89. The third kappa shape index (κ3) is 1.45. The molecule has 0 N–H and O–H groups in total. The van der Waals surface area contributed by atoms with E-state index in [0.717, 1.165) is 0 Å². The molecule has 0 heteroatoms. The molecule has 0 radical (unpaired) electrons. The predicted octanol–water partition coefficient (Wildman–Crippen LogP) is 4.62. The number of hydrogen-bond acceptors (Lipinski definition) is 0. The molecule has 0 saturated heterocycles. The molecule has 14 heavy (non-hydrogen) atoms. The summed E-state index contributed by atoms with van der Waals surface area (Å²) in [5.41, 5.74) is 7.39. The Bertz CT molecular complexity index is 301. The van der Waals surface area contributed by atoms with Gasteiger partial charge in [0.25, 0.3) is 0 Å². The van der Waals surface area contributed by atoms with Crippen LogP contribution in [0.5, 0.6) is 0 Å². The van der Waals surface area contributed by atoms with E-state index in [1.165, 1.54) is 32.1 Å². The monoisotopic (exact) mass is 190 g/mol. The van der Waals surface area contributed by atoms with Crippen LogP contribution in [0.4, 0.5) is 0 Å². The molecule has 0 aromatic carbocycles. The van der Waals surface area contributed by atoms with Crippen molar-refractivity contribution < 1.29 is 0 Å². The third-order valence-electron chi connectivity index (χ3n) is 4.27. The summed E-state index contributed by atoms with van der Waals surface area (Å²) >= 11 is 0. The molecular formula is C14H22. The molecule has 2 aliphatic rings. The molecule has 1 spiro atoms. The standard InChI is InChI=1S/C14H22/c1-5-13-9-14(8-12(13)4)6-10(2)11(3)7-14/h5-9H2,1-4H3. The summed E-state index contributed by atoms with van der Waals surface area (Å²) in [5.74, 6) is 0. The highest BCUT2D eigenvalue weighted by Gasteiger charge is 2.40. The van der Waals surface area contributed by atoms with Crippen molar-refractivity contribution in [3.8, 4) is 0 Å². The van der Waals surface area contributed by atoms with E-state index in [0.29, 0.717) is 5.41 Å². The van der Waals surface area contributed by atoms with Crippen molar-refractivity contribution in [3.63, 3.8) is 0 Å². The molecule has 0 aliphatic heterocycles. The molecular weight excluding hydrogens is 168 g/mol. The molecule has 78 valence electrons. The molecule has 0 saturated carbocycles. The Morgan fingerprint density at radius 1 is 0.857 bits per heavy atom. The van der Waals surface area contributed by atoms with Gasteiger partial charge in [-0.3, -0.25) is 0 Å². The average molecular weight is 190 g/mol. The van der Waals surface area contributed by atoms with Gasteiger partial charge in [-0.25, -0.2) is 0 Å². The maximum atomic E-state index is 2.34. The molecule has 2 aliphatic carbocycles. The van der Waals surface area contributed by atoms with E-state index in [1.54, 1.807) is 22.3 Å². The van der Waals surface area contributed by atoms with E-state index in [2.05, 4.69) is 27.7 Å². The van der Waals surface area contributed by atoms with Crippen molar-refractivity contribution in [3.05, 3.63) is 22.3 Å². The zero-order chi connectivity index (χ0) is 10.3. The summed E-state index contributed by atoms with van der Waals surface area (Å²) < 4.78 is 0. The maximum Gasteiger partial charge on any atom is -0.0149 e. The molecule has 0 nitrogen and oxygen atoms in total. The molecule has 0 atom stereocenters. The van der Waals surface area contributed by atoms with Crippen LogP contribution in [-0.2, 0) is 0 Å². The van der Waals surface area contributed by atoms with E-state index in [1.807, 2.05) is 0 Å². The lowest BCUT2D eigenvalue weighted by Crippen LogP contribution is -2.13. The highest BCUT2D eigenvalue weighted by molar-refractivity contribution is 5.31. The zero-order valence-corrected chi connectivity index (χ0v) is 10.0. The molecule has 0 aromatic rings. The first-order chi connectivity index (χ1) is 6.56. The van der Waals surface area contributed by atoms with Crippen LogP contribution in [0.3, 0.4) is 0 Å². The lowest BCUT2D eigenvalue weighted by molar-refractivity contribution is 0.320. The molecule has 0 fully saturated rings. The predicted molar refractivity (Wildman–Crippen MR) is 62.3 cm³/mol. The van der Waals surface area contributed by atoms with Crippen molar-refractivity contribution in [2.75, 3.05) is 0 Å². The summed E-state index contributed by atoms with van der Waals surface area (Å²) in [6, 6.07) is 0. The van der Waals surface area contributed by atoms with E-state index in [9.17, 15) is 0 Å². The molecule has 0 aromatic heterocycles. The fourth-order valence-corrected chi connectivity index (χ4v) is 3.52. The van der Waals surface area contributed by atoms with Crippen LogP contribution < -0.4 is 0 Å². The van der Waals surface area contributed by atoms with Gasteiger partial charge in [0, 0.05) is 0 Å². The average Bonchev–Trinajstić information content (AvgIpc) is 2.55. The molecule has 0 heterocycles. The molecule has 0 bridgehead atoms. The summed E-state index contributed by atoms with van der Waals surface area (Å²) in [6.07, 6.45) is 6.74. The fraction of sp³-hybridized carbons (Fsp3) is 0.714. The van der Waals surface area contributed by atoms with Crippen molar-refractivity contribution in [1.29, 1.82) is 0 Å². The van der Waals surface area contributed by atoms with Crippen LogP contribution in [0.25, 0.3) is 0 Å². The van der Waals surface area contributed by atoms with Gasteiger partial charge in [0.2, 0.25) is 0 Å². The number of hydrogen-bond donors (Lipinski definition) is 0. The summed E-state index contributed by atoms with van der Waals surface area (Å²) in [6.45, 7) is 9.29. The summed E-state index contributed by atoms with van der Waals surface area (Å²) in [4.78, 5) is 0. The van der Waals surface area contributed by atoms with Crippen LogP contribution >= 0.6 is 0 Å². The third-order valence-corrected chi connectivity index (χ3v) is 4.27. The topological polar surface area (TPSA) is 0 Å². The summed E-state index contributed by atoms with van der Waals surface area (Å²) in [5, 5.41) is 0. The van der Waals surface area contributed by atoms with Crippen LogP contribution in [0.15, 0.2) is 22.3 Å². The van der Waals surface area contributed by atoms with E-state index in [-0.39, 0.29) is 0 Å². The van der Waals surface area contributed by atoms with Crippen LogP contribution in [-0.4, -0.2) is 0 Å². The Kier molecular flexibility index (Phi) is 2.33. The van der Waals surface area contributed by atoms with Gasteiger partial charge in [0.1, 0.15) is 0 Å². The lowest BCUT2D eigenvalue weighted by atomic mass is 9.80. The van der Waals surface area contributed by atoms with Gasteiger partial charge >= 0.3 is 0 Å². The van der Waals surface area contributed by atoms with Crippen molar-refractivity contribution in [1.82, 2.24) is 0 Å². The van der Waals surface area contributed by atoms with Crippen molar-refractivity contribution in [2.24, 2.45) is 5.41 Å². The summed E-state index contributed by atoms with van der Waals surface area (Å²) in [7, 11) is 0. The van der Waals surface area contributed by atoms with E-state index >= 15 is 0 Å². The van der Waals surface area contributed by atoms with Crippen molar-refractivity contribution >= 4 is 0 Å². The maximum absolute atomic E-state index is 2.34. The normalized spacial score (nSPS) is 25.7. The van der Waals surface area contributed by atoms with Gasteiger partial charge in [-0.1, -0.05) is 29.2 Å². The Balaban J connectivity index is 2.13. The van der Waals surface area contributed by atoms with Gasteiger partial charge in [-0.15, -0.1) is 0 Å². The second kappa shape index (κ2) is 3.25. The van der Waals surface area contributed by atoms with Crippen LogP contribution in [0, 0.1) is 5.41 Å². The Hall–Kier alpha value is -0.520. The quantitative estimate of drug-likeness (QED) is 0.529.